The Morgan fingerprint density at radius 3 is 2.36 bits per heavy atom. The molecule has 1 heterocycles. The highest BCUT2D eigenvalue weighted by Crippen LogP contribution is 2.40. The van der Waals surface area contributed by atoms with Gasteiger partial charge in [-0.3, -0.25) is 14.5 Å². The van der Waals surface area contributed by atoms with Gasteiger partial charge in [-0.15, -0.1) is 0 Å². The van der Waals surface area contributed by atoms with E-state index in [2.05, 4.69) is 0 Å². The van der Waals surface area contributed by atoms with Gasteiger partial charge in [-0.25, -0.2) is 13.6 Å². The van der Waals surface area contributed by atoms with Crippen LogP contribution in [0.15, 0.2) is 30.3 Å². The van der Waals surface area contributed by atoms with Crippen LogP contribution < -0.4 is 9.80 Å². The number of nitrogens with zero attached hydrogens (tertiary/aromatic N) is 2. The van der Waals surface area contributed by atoms with Crippen molar-refractivity contribution in [3.05, 3.63) is 57.6 Å². The van der Waals surface area contributed by atoms with Crippen LogP contribution in [0.4, 0.5) is 25.0 Å². The second-order valence-corrected chi connectivity index (χ2v) is 10.4. The summed E-state index contributed by atoms with van der Waals surface area (Å²) in [6, 6.07) is 6.07. The highest BCUT2D eigenvalue weighted by atomic mass is 35.5. The molecule has 1 N–H and O–H groups in total. The van der Waals surface area contributed by atoms with Crippen LogP contribution in [0.3, 0.4) is 0 Å². The lowest BCUT2D eigenvalue weighted by Crippen LogP contribution is -2.41. The lowest BCUT2D eigenvalue weighted by atomic mass is 9.90. The Kier molecular flexibility index (Phi) is 8.46. The van der Waals surface area contributed by atoms with Gasteiger partial charge in [0.25, 0.3) is 0 Å². The molecule has 7 nitrogen and oxygen atoms in total. The molecule has 1 saturated heterocycles. The number of anilines is 2. The number of carboxylic acid groups (broad SMARTS) is 1. The van der Waals surface area contributed by atoms with Crippen molar-refractivity contribution < 1.29 is 33.0 Å². The Bertz CT molecular complexity index is 1160. The van der Waals surface area contributed by atoms with E-state index in [1.54, 1.807) is 20.8 Å². The van der Waals surface area contributed by atoms with E-state index in [1.807, 2.05) is 0 Å². The first-order valence-electron chi connectivity index (χ1n) is 11.2. The molecule has 0 saturated carbocycles. The molecule has 0 bridgehead atoms. The van der Waals surface area contributed by atoms with Gasteiger partial charge in [-0.05, 0) is 63.3 Å². The van der Waals surface area contributed by atoms with E-state index in [9.17, 15) is 28.3 Å². The van der Waals surface area contributed by atoms with Gasteiger partial charge in [0.1, 0.15) is 23.8 Å². The summed E-state index contributed by atoms with van der Waals surface area (Å²) in [5, 5.41) is 9.35. The first kappa shape index (κ1) is 27.7. The number of hydrogen-bond donors (Lipinski definition) is 1. The van der Waals surface area contributed by atoms with E-state index >= 15 is 0 Å². The maximum absolute atomic E-state index is 14.2. The normalized spacial score (nSPS) is 16.1. The third-order valence-electron chi connectivity index (χ3n) is 5.52. The lowest BCUT2D eigenvalue weighted by molar-refractivity contribution is -0.135. The average Bonchev–Trinajstić information content (AvgIpc) is 2.74. The Balaban J connectivity index is 1.89. The zero-order chi connectivity index (χ0) is 26.8. The van der Waals surface area contributed by atoms with Gasteiger partial charge >= 0.3 is 12.1 Å². The monoisotopic (exact) mass is 542 g/mol. The topological polar surface area (TPSA) is 87.2 Å². The summed E-state index contributed by atoms with van der Waals surface area (Å²) in [7, 11) is 0. The van der Waals surface area contributed by atoms with Gasteiger partial charge in [0, 0.05) is 19.0 Å². The van der Waals surface area contributed by atoms with Crippen LogP contribution in [0.5, 0.6) is 0 Å². The van der Waals surface area contributed by atoms with Crippen LogP contribution in [0.1, 0.15) is 39.2 Å². The van der Waals surface area contributed by atoms with Crippen LogP contribution in [-0.4, -0.2) is 41.8 Å². The third-order valence-corrected chi connectivity index (χ3v) is 6.10. The maximum Gasteiger partial charge on any atom is 0.415 e. The summed E-state index contributed by atoms with van der Waals surface area (Å²) >= 11 is 13.0. The number of amides is 2. The molecule has 1 fully saturated rings. The second kappa shape index (κ2) is 11.0. The van der Waals surface area contributed by atoms with Crippen molar-refractivity contribution in [2.75, 3.05) is 22.9 Å². The molecule has 0 spiro atoms. The molecule has 0 aromatic heterocycles. The van der Waals surface area contributed by atoms with E-state index in [0.717, 1.165) is 11.0 Å². The molecule has 2 amide bonds. The van der Waals surface area contributed by atoms with Crippen molar-refractivity contribution in [2.24, 2.45) is 5.92 Å². The number of rotatable bonds is 6. The summed E-state index contributed by atoms with van der Waals surface area (Å²) in [5.74, 6) is -2.98. The number of hydrogen-bond acceptors (Lipinski definition) is 4. The number of carbonyl (C=O) groups is 3. The van der Waals surface area contributed by atoms with Gasteiger partial charge in [0.05, 0.1) is 21.4 Å². The van der Waals surface area contributed by atoms with Gasteiger partial charge in [0.15, 0.2) is 0 Å². The first-order chi connectivity index (χ1) is 16.7. The fourth-order valence-electron chi connectivity index (χ4n) is 3.97. The smallest absolute Gasteiger partial charge is 0.415 e. The van der Waals surface area contributed by atoms with Crippen LogP contribution in [-0.2, 0) is 20.7 Å². The quantitative estimate of drug-likeness (QED) is 0.477. The average molecular weight is 543 g/mol. The second-order valence-electron chi connectivity index (χ2n) is 9.57. The highest BCUT2D eigenvalue weighted by Gasteiger charge is 2.32. The molecule has 1 aliphatic rings. The van der Waals surface area contributed by atoms with Crippen LogP contribution in [0, 0.1) is 17.6 Å². The van der Waals surface area contributed by atoms with Crippen molar-refractivity contribution in [1.82, 2.24) is 0 Å². The predicted molar refractivity (Wildman–Crippen MR) is 133 cm³/mol. The Hall–Kier alpha value is -2.91. The zero-order valence-corrected chi connectivity index (χ0v) is 21.5. The van der Waals surface area contributed by atoms with Crippen LogP contribution >= 0.6 is 23.2 Å². The molecule has 2 aromatic rings. The highest BCUT2D eigenvalue weighted by molar-refractivity contribution is 6.40. The largest absolute Gasteiger partial charge is 0.480 e. The van der Waals surface area contributed by atoms with E-state index in [1.165, 1.54) is 29.2 Å². The number of piperidine rings is 1. The minimum Gasteiger partial charge on any atom is -0.480 e. The number of carbonyl (C=O) groups excluding carboxylic acids is 2. The number of halogens is 4. The molecule has 194 valence electrons. The van der Waals surface area contributed by atoms with Crippen LogP contribution in [0.2, 0.25) is 10.0 Å². The summed E-state index contributed by atoms with van der Waals surface area (Å²) in [5.41, 5.74) is -0.249. The number of carboxylic acids is 1. The number of benzene rings is 2. The van der Waals surface area contributed by atoms with E-state index in [-0.39, 0.29) is 52.6 Å². The van der Waals surface area contributed by atoms with Crippen molar-refractivity contribution in [2.45, 2.75) is 45.6 Å². The Morgan fingerprint density at radius 1 is 1.17 bits per heavy atom. The molecule has 1 unspecified atom stereocenters. The summed E-state index contributed by atoms with van der Waals surface area (Å²) in [6.45, 7) is 4.42. The predicted octanol–water partition coefficient (Wildman–Crippen LogP) is 6.08. The molecule has 36 heavy (non-hydrogen) atoms. The Labute approximate surface area is 217 Å². The molecule has 1 atom stereocenters. The molecule has 3 rings (SSSR count). The zero-order valence-electron chi connectivity index (χ0n) is 20.0. The van der Waals surface area contributed by atoms with E-state index in [0.29, 0.717) is 12.0 Å². The van der Waals surface area contributed by atoms with E-state index < -0.39 is 35.8 Å². The molecule has 0 aliphatic carbocycles. The first-order valence-corrected chi connectivity index (χ1v) is 12.0. The minimum atomic E-state index is -1.28. The lowest BCUT2D eigenvalue weighted by Gasteiger charge is -2.34. The SMILES string of the molecule is CC(C)(C)OC(=O)N(CC(=O)O)c1cc(Cl)c(N2CC(Cc3ccc(F)cc3F)CCC2=O)c(Cl)c1. The van der Waals surface area contributed by atoms with Gasteiger partial charge in [-0.1, -0.05) is 29.3 Å². The summed E-state index contributed by atoms with van der Waals surface area (Å²) in [4.78, 5) is 39.1. The minimum absolute atomic E-state index is 0.0263. The molecule has 1 aliphatic heterocycles. The third kappa shape index (κ3) is 6.85. The molecule has 0 radical (unpaired) electrons. The van der Waals surface area contributed by atoms with Gasteiger partial charge < -0.3 is 14.7 Å². The summed E-state index contributed by atoms with van der Waals surface area (Å²) < 4.78 is 32.7. The maximum atomic E-state index is 14.2. The Morgan fingerprint density at radius 2 is 1.81 bits per heavy atom. The van der Waals surface area contributed by atoms with Crippen molar-refractivity contribution in [1.29, 1.82) is 0 Å². The summed E-state index contributed by atoms with van der Waals surface area (Å²) in [6.07, 6.45) is 0.0594. The van der Waals surface area contributed by atoms with Crippen molar-refractivity contribution in [3.63, 3.8) is 0 Å². The molecular weight excluding hydrogens is 517 g/mol. The fourth-order valence-corrected chi connectivity index (χ4v) is 4.65. The number of aliphatic carboxylic acids is 1. The van der Waals surface area contributed by atoms with E-state index in [4.69, 9.17) is 27.9 Å². The van der Waals surface area contributed by atoms with Crippen molar-refractivity contribution >= 4 is 52.5 Å². The molecular formula is C25H26Cl2F2N2O5. The van der Waals surface area contributed by atoms with Crippen molar-refractivity contribution in [3.8, 4) is 0 Å². The standard InChI is InChI=1S/C25H26Cl2F2N2O5/c1-25(2,3)36-24(35)30(13-22(33)34)17-10-18(26)23(19(27)11-17)31-12-14(4-7-21(31)32)8-15-5-6-16(28)9-20(15)29/h5-6,9-11,14H,4,7-8,12-13H2,1-3H3,(H,33,34). The number of ether oxygens (including phenoxy) is 1. The molecule has 2 aromatic carbocycles. The molecule has 11 heteroatoms. The van der Waals surface area contributed by atoms with Gasteiger partial charge in [-0.2, -0.15) is 0 Å². The van der Waals surface area contributed by atoms with Crippen LogP contribution in [0.25, 0.3) is 0 Å². The van der Waals surface area contributed by atoms with Gasteiger partial charge in [0.2, 0.25) is 5.91 Å². The fraction of sp³-hybridized carbons (Fsp3) is 0.400.